The van der Waals surface area contributed by atoms with Crippen molar-refractivity contribution in [2.45, 2.75) is 64.8 Å². The number of amides is 1. The average Bonchev–Trinajstić information content (AvgIpc) is 2.77. The number of fused-ring (bicyclic) bond motifs is 1. The Kier molecular flexibility index (Phi) is 7.30. The summed E-state index contributed by atoms with van der Waals surface area (Å²) in [6, 6.07) is 16.5. The molecule has 0 heterocycles. The van der Waals surface area contributed by atoms with Crippen molar-refractivity contribution in [2.75, 3.05) is 5.32 Å². The molecule has 0 spiro atoms. The van der Waals surface area contributed by atoms with E-state index in [4.69, 9.17) is 0 Å². The quantitative estimate of drug-likeness (QED) is 0.457. The van der Waals surface area contributed by atoms with Crippen molar-refractivity contribution < 1.29 is 4.79 Å². The zero-order valence-corrected chi connectivity index (χ0v) is 18.2. The third kappa shape index (κ3) is 5.30. The summed E-state index contributed by atoms with van der Waals surface area (Å²) < 4.78 is 0. The summed E-state index contributed by atoms with van der Waals surface area (Å²) in [6.07, 6.45) is 7.23. The molecular weight excluding hydrogens is 370 g/mol. The summed E-state index contributed by atoms with van der Waals surface area (Å²) in [7, 11) is 0. The lowest BCUT2D eigenvalue weighted by Crippen LogP contribution is -2.20. The molecule has 0 saturated heterocycles. The Morgan fingerprint density at radius 3 is 2.37 bits per heavy atom. The standard InChI is InChI=1S/C26H31N3O/c1-4-25(22-10-9-20-7-5-6-8-21(20)15-22)28-17-23(16-27)26(30)29-24-13-11-19(12-14-24)18(2)3/h9-15,17-18,25,28H,4-8H2,1-3H3,(H,29,30)/b23-17-. The molecule has 1 aliphatic carbocycles. The maximum atomic E-state index is 12.5. The van der Waals surface area contributed by atoms with E-state index in [1.165, 1.54) is 35.1 Å². The molecule has 0 fully saturated rings. The Morgan fingerprint density at radius 1 is 1.07 bits per heavy atom. The van der Waals surface area contributed by atoms with E-state index in [1.54, 1.807) is 6.20 Å². The Morgan fingerprint density at radius 2 is 1.73 bits per heavy atom. The van der Waals surface area contributed by atoms with Crippen LogP contribution in [-0.2, 0) is 17.6 Å². The van der Waals surface area contributed by atoms with E-state index < -0.39 is 5.91 Å². The molecule has 1 atom stereocenters. The third-order valence-electron chi connectivity index (χ3n) is 5.81. The Labute approximate surface area is 180 Å². The van der Waals surface area contributed by atoms with Crippen LogP contribution in [0.1, 0.15) is 74.2 Å². The van der Waals surface area contributed by atoms with Gasteiger partial charge in [0.05, 0.1) is 6.04 Å². The van der Waals surface area contributed by atoms with E-state index in [0.717, 1.165) is 19.3 Å². The molecular formula is C26H31N3O. The number of carbonyl (C=O) groups is 1. The second-order valence-corrected chi connectivity index (χ2v) is 8.26. The minimum absolute atomic E-state index is 0.0682. The van der Waals surface area contributed by atoms with Gasteiger partial charge in [0.25, 0.3) is 5.91 Å². The Hall–Kier alpha value is -3.06. The number of carbonyl (C=O) groups excluding carboxylic acids is 1. The molecule has 1 amide bonds. The topological polar surface area (TPSA) is 64.9 Å². The zero-order chi connectivity index (χ0) is 21.5. The van der Waals surface area contributed by atoms with Crippen LogP contribution >= 0.6 is 0 Å². The summed E-state index contributed by atoms with van der Waals surface area (Å²) in [5.74, 6) is 0.0330. The molecule has 4 nitrogen and oxygen atoms in total. The van der Waals surface area contributed by atoms with Gasteiger partial charge in [-0.1, -0.05) is 51.1 Å². The molecule has 30 heavy (non-hydrogen) atoms. The Bertz CT molecular complexity index is 951. The summed E-state index contributed by atoms with van der Waals surface area (Å²) >= 11 is 0. The van der Waals surface area contributed by atoms with Crippen LogP contribution in [0.15, 0.2) is 54.2 Å². The lowest BCUT2D eigenvalue weighted by molar-refractivity contribution is -0.112. The summed E-state index contributed by atoms with van der Waals surface area (Å²) in [4.78, 5) is 12.5. The summed E-state index contributed by atoms with van der Waals surface area (Å²) in [5, 5.41) is 15.6. The lowest BCUT2D eigenvalue weighted by atomic mass is 9.89. The van der Waals surface area contributed by atoms with Gasteiger partial charge in [-0.25, -0.2) is 0 Å². The number of nitrogens with zero attached hydrogens (tertiary/aromatic N) is 1. The van der Waals surface area contributed by atoms with Crippen molar-refractivity contribution in [2.24, 2.45) is 0 Å². The minimum atomic E-state index is -0.400. The van der Waals surface area contributed by atoms with Gasteiger partial charge in [0, 0.05) is 11.9 Å². The van der Waals surface area contributed by atoms with Gasteiger partial charge in [-0.3, -0.25) is 4.79 Å². The maximum Gasteiger partial charge on any atom is 0.267 e. The first kappa shape index (κ1) is 21.6. The van der Waals surface area contributed by atoms with Crippen molar-refractivity contribution in [1.29, 1.82) is 5.26 Å². The fraction of sp³-hybridized carbons (Fsp3) is 0.385. The number of hydrogen-bond acceptors (Lipinski definition) is 3. The number of anilines is 1. The SMILES string of the molecule is CCC(N/C=C(/C#N)C(=O)Nc1ccc(C(C)C)cc1)c1ccc2c(c1)CCCC2. The van der Waals surface area contributed by atoms with E-state index in [9.17, 15) is 10.1 Å². The molecule has 1 aliphatic rings. The molecule has 3 rings (SSSR count). The predicted octanol–water partition coefficient (Wildman–Crippen LogP) is 5.78. The molecule has 2 aromatic carbocycles. The molecule has 0 bridgehead atoms. The lowest BCUT2D eigenvalue weighted by Gasteiger charge is -2.21. The van der Waals surface area contributed by atoms with Gasteiger partial charge < -0.3 is 10.6 Å². The van der Waals surface area contributed by atoms with Gasteiger partial charge in [-0.05, 0) is 72.4 Å². The molecule has 2 aromatic rings. The van der Waals surface area contributed by atoms with E-state index in [2.05, 4.69) is 49.6 Å². The highest BCUT2D eigenvalue weighted by Crippen LogP contribution is 2.26. The van der Waals surface area contributed by atoms with Gasteiger partial charge in [0.2, 0.25) is 0 Å². The summed E-state index contributed by atoms with van der Waals surface area (Å²) in [6.45, 7) is 6.36. The molecule has 0 saturated carbocycles. The number of rotatable bonds is 7. The van der Waals surface area contributed by atoms with Crippen molar-refractivity contribution in [1.82, 2.24) is 5.32 Å². The second kappa shape index (κ2) is 10.1. The molecule has 1 unspecified atom stereocenters. The van der Waals surface area contributed by atoms with E-state index in [-0.39, 0.29) is 11.6 Å². The van der Waals surface area contributed by atoms with Crippen LogP contribution in [0.25, 0.3) is 0 Å². The predicted molar refractivity (Wildman–Crippen MR) is 122 cm³/mol. The number of nitriles is 1. The molecule has 2 N–H and O–H groups in total. The second-order valence-electron chi connectivity index (χ2n) is 8.26. The molecule has 0 radical (unpaired) electrons. The van der Waals surface area contributed by atoms with Crippen LogP contribution in [-0.4, -0.2) is 5.91 Å². The van der Waals surface area contributed by atoms with Crippen LogP contribution in [0.4, 0.5) is 5.69 Å². The normalized spacial score (nSPS) is 14.6. The first-order valence-corrected chi connectivity index (χ1v) is 10.9. The first-order chi connectivity index (χ1) is 14.5. The van der Waals surface area contributed by atoms with Crippen LogP contribution in [0.3, 0.4) is 0 Å². The van der Waals surface area contributed by atoms with Crippen molar-refractivity contribution in [3.05, 3.63) is 76.5 Å². The molecule has 0 aliphatic heterocycles. The fourth-order valence-corrected chi connectivity index (χ4v) is 3.90. The van der Waals surface area contributed by atoms with Crippen molar-refractivity contribution in [3.8, 4) is 6.07 Å². The van der Waals surface area contributed by atoms with E-state index in [0.29, 0.717) is 11.6 Å². The van der Waals surface area contributed by atoms with Crippen LogP contribution in [0.5, 0.6) is 0 Å². The largest absolute Gasteiger partial charge is 0.383 e. The number of benzene rings is 2. The van der Waals surface area contributed by atoms with Gasteiger partial charge in [0.1, 0.15) is 11.6 Å². The molecule has 156 valence electrons. The molecule has 0 aromatic heterocycles. The van der Waals surface area contributed by atoms with Gasteiger partial charge in [-0.15, -0.1) is 0 Å². The number of nitrogens with one attached hydrogen (secondary N) is 2. The highest BCUT2D eigenvalue weighted by atomic mass is 16.1. The average molecular weight is 402 g/mol. The van der Waals surface area contributed by atoms with E-state index in [1.807, 2.05) is 30.3 Å². The monoisotopic (exact) mass is 401 g/mol. The summed E-state index contributed by atoms with van der Waals surface area (Å²) in [5.41, 5.74) is 6.06. The maximum absolute atomic E-state index is 12.5. The molecule has 4 heteroatoms. The number of hydrogen-bond donors (Lipinski definition) is 2. The highest BCUT2D eigenvalue weighted by molar-refractivity contribution is 6.06. The van der Waals surface area contributed by atoms with Crippen LogP contribution < -0.4 is 10.6 Å². The zero-order valence-electron chi connectivity index (χ0n) is 18.2. The fourth-order valence-electron chi connectivity index (χ4n) is 3.90. The van der Waals surface area contributed by atoms with Crippen LogP contribution in [0.2, 0.25) is 0 Å². The van der Waals surface area contributed by atoms with Gasteiger partial charge in [-0.2, -0.15) is 5.26 Å². The number of aryl methyl sites for hydroxylation is 2. The highest BCUT2D eigenvalue weighted by Gasteiger charge is 2.15. The first-order valence-electron chi connectivity index (χ1n) is 10.9. The van der Waals surface area contributed by atoms with Crippen molar-refractivity contribution in [3.63, 3.8) is 0 Å². The van der Waals surface area contributed by atoms with Crippen LogP contribution in [0, 0.1) is 11.3 Å². The van der Waals surface area contributed by atoms with Crippen molar-refractivity contribution >= 4 is 11.6 Å². The van der Waals surface area contributed by atoms with E-state index >= 15 is 0 Å². The Balaban J connectivity index is 1.68. The van der Waals surface area contributed by atoms with Gasteiger partial charge >= 0.3 is 0 Å². The smallest absolute Gasteiger partial charge is 0.267 e. The minimum Gasteiger partial charge on any atom is -0.383 e. The van der Waals surface area contributed by atoms with Gasteiger partial charge in [0.15, 0.2) is 0 Å². The third-order valence-corrected chi connectivity index (χ3v) is 5.81.